The van der Waals surface area contributed by atoms with Crippen molar-refractivity contribution >= 4 is 22.4 Å². The van der Waals surface area contributed by atoms with Crippen LogP contribution in [0, 0.1) is 0 Å². The van der Waals surface area contributed by atoms with Gasteiger partial charge in [0.2, 0.25) is 5.13 Å². The molecule has 0 spiro atoms. The first-order valence-electron chi connectivity index (χ1n) is 7.56. The maximum absolute atomic E-state index is 12.2. The maximum atomic E-state index is 12.2. The number of rotatable bonds is 8. The number of amides is 1. The molecule has 1 atom stereocenters. The number of carbonyl (C=O) groups is 1. The Hall–Kier alpha value is -2.15. The Morgan fingerprint density at radius 2 is 2.13 bits per heavy atom. The van der Waals surface area contributed by atoms with Gasteiger partial charge in [0, 0.05) is 12.5 Å². The van der Waals surface area contributed by atoms with E-state index in [1.54, 1.807) is 26.2 Å². The molecular weight excluding hydrogens is 314 g/mol. The number of nitrogens with zero attached hydrogens (tertiary/aromatic N) is 2. The van der Waals surface area contributed by atoms with Crippen molar-refractivity contribution in [3.05, 3.63) is 29.3 Å². The first kappa shape index (κ1) is 17.2. The Morgan fingerprint density at radius 1 is 1.35 bits per heavy atom. The largest absolute Gasteiger partial charge is 0.497 e. The molecule has 0 aliphatic rings. The van der Waals surface area contributed by atoms with E-state index in [-0.39, 0.29) is 5.91 Å². The van der Waals surface area contributed by atoms with Crippen LogP contribution in [0.3, 0.4) is 0 Å². The molecule has 1 amide bonds. The minimum Gasteiger partial charge on any atom is -0.497 e. The van der Waals surface area contributed by atoms with Crippen LogP contribution >= 0.6 is 11.3 Å². The van der Waals surface area contributed by atoms with Crippen LogP contribution < -0.4 is 14.8 Å². The van der Waals surface area contributed by atoms with Crippen LogP contribution in [-0.4, -0.2) is 29.3 Å². The van der Waals surface area contributed by atoms with Gasteiger partial charge in [-0.3, -0.25) is 10.1 Å². The number of nitrogens with one attached hydrogen (secondary N) is 1. The third-order valence-electron chi connectivity index (χ3n) is 3.16. The molecule has 0 aliphatic carbocycles. The second-order valence-electron chi connectivity index (χ2n) is 5.03. The summed E-state index contributed by atoms with van der Waals surface area (Å²) >= 11 is 1.40. The SMILES string of the molecule is CCCCc1nnc(NC(=O)C(C)Oc2cccc(OC)c2)s1. The van der Waals surface area contributed by atoms with E-state index in [4.69, 9.17) is 9.47 Å². The second-order valence-corrected chi connectivity index (χ2v) is 6.09. The van der Waals surface area contributed by atoms with Gasteiger partial charge < -0.3 is 9.47 Å². The van der Waals surface area contributed by atoms with Crippen LogP contribution in [0.4, 0.5) is 5.13 Å². The molecule has 0 aliphatic heterocycles. The van der Waals surface area contributed by atoms with Crippen molar-refractivity contribution in [3.63, 3.8) is 0 Å². The highest BCUT2D eigenvalue weighted by Gasteiger charge is 2.17. The van der Waals surface area contributed by atoms with Gasteiger partial charge in [-0.05, 0) is 25.5 Å². The Morgan fingerprint density at radius 3 is 2.87 bits per heavy atom. The van der Waals surface area contributed by atoms with Gasteiger partial charge in [-0.25, -0.2) is 0 Å². The molecule has 23 heavy (non-hydrogen) atoms. The first-order valence-corrected chi connectivity index (χ1v) is 8.38. The lowest BCUT2D eigenvalue weighted by Crippen LogP contribution is -2.30. The predicted octanol–water partition coefficient (Wildman–Crippen LogP) is 3.30. The highest BCUT2D eigenvalue weighted by atomic mass is 32.1. The lowest BCUT2D eigenvalue weighted by atomic mass is 10.3. The molecule has 0 saturated carbocycles. The maximum Gasteiger partial charge on any atom is 0.266 e. The van der Waals surface area contributed by atoms with E-state index in [2.05, 4.69) is 22.4 Å². The molecule has 0 fully saturated rings. The number of aromatic nitrogens is 2. The molecule has 1 N–H and O–H groups in total. The Balaban J connectivity index is 1.90. The summed E-state index contributed by atoms with van der Waals surface area (Å²) < 4.78 is 10.8. The molecule has 1 unspecified atom stereocenters. The lowest BCUT2D eigenvalue weighted by Gasteiger charge is -2.14. The number of anilines is 1. The molecule has 0 bridgehead atoms. The highest BCUT2D eigenvalue weighted by Crippen LogP contribution is 2.21. The van der Waals surface area contributed by atoms with E-state index < -0.39 is 6.10 Å². The summed E-state index contributed by atoms with van der Waals surface area (Å²) in [5.41, 5.74) is 0. The highest BCUT2D eigenvalue weighted by molar-refractivity contribution is 7.15. The van der Waals surface area contributed by atoms with Gasteiger partial charge >= 0.3 is 0 Å². The summed E-state index contributed by atoms with van der Waals surface area (Å²) in [7, 11) is 1.58. The van der Waals surface area contributed by atoms with E-state index >= 15 is 0 Å². The summed E-state index contributed by atoms with van der Waals surface area (Å²) in [6.07, 6.45) is 2.41. The van der Waals surface area contributed by atoms with Gasteiger partial charge in [0.05, 0.1) is 7.11 Å². The zero-order chi connectivity index (χ0) is 16.7. The number of unbranched alkanes of at least 4 members (excludes halogenated alkanes) is 1. The number of methoxy groups -OCH3 is 1. The molecule has 2 rings (SSSR count). The number of carbonyl (C=O) groups excluding carboxylic acids is 1. The fraction of sp³-hybridized carbons (Fsp3) is 0.438. The fourth-order valence-electron chi connectivity index (χ4n) is 1.87. The quantitative estimate of drug-likeness (QED) is 0.801. The average molecular weight is 335 g/mol. The van der Waals surface area contributed by atoms with Gasteiger partial charge in [-0.2, -0.15) is 0 Å². The average Bonchev–Trinajstić information content (AvgIpc) is 3.00. The van der Waals surface area contributed by atoms with E-state index in [0.29, 0.717) is 16.6 Å². The summed E-state index contributed by atoms with van der Waals surface area (Å²) in [4.78, 5) is 12.2. The first-order chi connectivity index (χ1) is 11.1. The molecular formula is C16H21N3O3S. The minimum atomic E-state index is -0.648. The predicted molar refractivity (Wildman–Crippen MR) is 90.2 cm³/mol. The monoisotopic (exact) mass is 335 g/mol. The van der Waals surface area contributed by atoms with E-state index in [1.807, 2.05) is 12.1 Å². The van der Waals surface area contributed by atoms with E-state index in [9.17, 15) is 4.79 Å². The van der Waals surface area contributed by atoms with Crippen molar-refractivity contribution in [1.82, 2.24) is 10.2 Å². The Labute approximate surface area is 139 Å². The Bertz CT molecular complexity index is 645. The number of ether oxygens (including phenoxy) is 2. The van der Waals surface area contributed by atoms with Crippen molar-refractivity contribution in [3.8, 4) is 11.5 Å². The second kappa shape index (κ2) is 8.47. The standard InChI is InChI=1S/C16H21N3O3S/c1-4-5-9-14-18-19-16(23-14)17-15(20)11(2)22-13-8-6-7-12(10-13)21-3/h6-8,10-11H,4-5,9H2,1-3H3,(H,17,19,20). The molecule has 2 aromatic rings. The number of aryl methyl sites for hydroxylation is 1. The van der Waals surface area contributed by atoms with Crippen LogP contribution in [0.2, 0.25) is 0 Å². The molecule has 124 valence electrons. The minimum absolute atomic E-state index is 0.258. The van der Waals surface area contributed by atoms with Crippen LogP contribution in [0.15, 0.2) is 24.3 Å². The third kappa shape index (κ3) is 5.21. The normalized spacial score (nSPS) is 11.8. The molecule has 0 radical (unpaired) electrons. The fourth-order valence-corrected chi connectivity index (χ4v) is 2.66. The van der Waals surface area contributed by atoms with Crippen LogP contribution in [0.1, 0.15) is 31.7 Å². The van der Waals surface area contributed by atoms with Gasteiger partial charge in [0.1, 0.15) is 16.5 Å². The van der Waals surface area contributed by atoms with Crippen LogP contribution in [0.5, 0.6) is 11.5 Å². The number of hydrogen-bond donors (Lipinski definition) is 1. The van der Waals surface area contributed by atoms with E-state index in [1.165, 1.54) is 11.3 Å². The lowest BCUT2D eigenvalue weighted by molar-refractivity contribution is -0.122. The van der Waals surface area contributed by atoms with Crippen molar-refractivity contribution in [1.29, 1.82) is 0 Å². The summed E-state index contributed by atoms with van der Waals surface area (Å²) in [5.74, 6) is 0.999. The zero-order valence-electron chi connectivity index (χ0n) is 13.5. The number of benzene rings is 1. The molecule has 1 aromatic carbocycles. The van der Waals surface area contributed by atoms with Gasteiger partial charge in [-0.15, -0.1) is 10.2 Å². The molecule has 1 heterocycles. The topological polar surface area (TPSA) is 73.3 Å². The summed E-state index contributed by atoms with van der Waals surface area (Å²) in [6.45, 7) is 3.81. The van der Waals surface area contributed by atoms with Crippen molar-refractivity contribution in [2.24, 2.45) is 0 Å². The van der Waals surface area contributed by atoms with E-state index in [0.717, 1.165) is 24.3 Å². The van der Waals surface area contributed by atoms with Crippen LogP contribution in [0.25, 0.3) is 0 Å². The van der Waals surface area contributed by atoms with Gasteiger partial charge in [0.15, 0.2) is 6.10 Å². The van der Waals surface area contributed by atoms with Crippen molar-refractivity contribution in [2.45, 2.75) is 39.2 Å². The third-order valence-corrected chi connectivity index (χ3v) is 4.06. The van der Waals surface area contributed by atoms with Crippen LogP contribution in [-0.2, 0) is 11.2 Å². The van der Waals surface area contributed by atoms with Crippen molar-refractivity contribution < 1.29 is 14.3 Å². The smallest absolute Gasteiger partial charge is 0.266 e. The molecule has 0 saturated heterocycles. The molecule has 7 heteroatoms. The number of hydrogen-bond acceptors (Lipinski definition) is 6. The Kier molecular flexibility index (Phi) is 6.34. The molecule has 1 aromatic heterocycles. The van der Waals surface area contributed by atoms with Crippen molar-refractivity contribution in [2.75, 3.05) is 12.4 Å². The van der Waals surface area contributed by atoms with Gasteiger partial charge in [0.25, 0.3) is 5.91 Å². The summed E-state index contributed by atoms with van der Waals surface area (Å²) in [5, 5.41) is 12.2. The molecule has 6 nitrogen and oxygen atoms in total. The summed E-state index contributed by atoms with van der Waals surface area (Å²) in [6, 6.07) is 7.14. The zero-order valence-corrected chi connectivity index (χ0v) is 14.4. The van der Waals surface area contributed by atoms with Gasteiger partial charge in [-0.1, -0.05) is 30.7 Å².